The number of aromatic nitrogens is 1. The Hall–Kier alpha value is -2.99. The first kappa shape index (κ1) is 21.8. The molecule has 1 fully saturated rings. The number of amides is 1. The van der Waals surface area contributed by atoms with Gasteiger partial charge in [-0.25, -0.2) is 0 Å². The number of carbonyl (C=O) groups excluding carboxylic acids is 1. The topological polar surface area (TPSA) is 55.7 Å². The highest BCUT2D eigenvalue weighted by molar-refractivity contribution is 5.86. The number of likely N-dealkylation sites (tertiary alicyclic amines) is 1. The third-order valence-corrected chi connectivity index (χ3v) is 6.92. The molecular formula is C27H33N3O3. The molecule has 1 saturated heterocycles. The average Bonchev–Trinajstić information content (AvgIpc) is 3.47. The molecule has 2 aliphatic heterocycles. The summed E-state index contributed by atoms with van der Waals surface area (Å²) in [6.45, 7) is 7.20. The van der Waals surface area contributed by atoms with E-state index < -0.39 is 0 Å². The molecule has 1 amide bonds. The third kappa shape index (κ3) is 4.71. The fourth-order valence-electron chi connectivity index (χ4n) is 5.15. The van der Waals surface area contributed by atoms with Crippen molar-refractivity contribution in [2.24, 2.45) is 0 Å². The monoisotopic (exact) mass is 447 g/mol. The third-order valence-electron chi connectivity index (χ3n) is 6.92. The van der Waals surface area contributed by atoms with Gasteiger partial charge in [0.25, 0.3) is 0 Å². The van der Waals surface area contributed by atoms with Crippen molar-refractivity contribution in [1.29, 1.82) is 0 Å². The Bertz CT molecular complexity index is 1120. The van der Waals surface area contributed by atoms with Crippen molar-refractivity contribution < 1.29 is 14.3 Å². The predicted octanol–water partition coefficient (Wildman–Crippen LogP) is 4.51. The Labute approximate surface area is 195 Å². The van der Waals surface area contributed by atoms with E-state index in [9.17, 15) is 4.79 Å². The maximum atomic E-state index is 13.1. The lowest BCUT2D eigenvalue weighted by Crippen LogP contribution is -2.38. The SMILES string of the molecule is CCn1cc(C(CC(=O)NCCN2CCCCC2)c2ccc3c(c2)OCO3)c2ccccc21. The van der Waals surface area contributed by atoms with Gasteiger partial charge in [0.1, 0.15) is 0 Å². The molecule has 1 N–H and O–H groups in total. The second-order valence-corrected chi connectivity index (χ2v) is 9.01. The summed E-state index contributed by atoms with van der Waals surface area (Å²) < 4.78 is 13.4. The summed E-state index contributed by atoms with van der Waals surface area (Å²) in [4.78, 5) is 15.5. The molecule has 6 nitrogen and oxygen atoms in total. The van der Waals surface area contributed by atoms with Crippen LogP contribution in [-0.4, -0.2) is 48.3 Å². The lowest BCUT2D eigenvalue weighted by molar-refractivity contribution is -0.121. The molecule has 1 unspecified atom stereocenters. The minimum Gasteiger partial charge on any atom is -0.454 e. The Morgan fingerprint density at radius 2 is 1.88 bits per heavy atom. The number of rotatable bonds is 8. The second kappa shape index (κ2) is 9.87. The maximum absolute atomic E-state index is 13.1. The quantitative estimate of drug-likeness (QED) is 0.552. The van der Waals surface area contributed by atoms with Gasteiger partial charge >= 0.3 is 0 Å². The van der Waals surface area contributed by atoms with Gasteiger partial charge in [-0.1, -0.05) is 30.7 Å². The summed E-state index contributed by atoms with van der Waals surface area (Å²) in [5.74, 6) is 1.54. The van der Waals surface area contributed by atoms with Crippen LogP contribution in [0, 0.1) is 0 Å². The summed E-state index contributed by atoms with van der Waals surface area (Å²) in [7, 11) is 0. The number of ether oxygens (including phenoxy) is 2. The van der Waals surface area contributed by atoms with Gasteiger partial charge in [0.15, 0.2) is 11.5 Å². The zero-order valence-corrected chi connectivity index (χ0v) is 19.4. The Morgan fingerprint density at radius 1 is 1.06 bits per heavy atom. The van der Waals surface area contributed by atoms with Crippen molar-refractivity contribution in [3.8, 4) is 11.5 Å². The molecule has 3 heterocycles. The number of fused-ring (bicyclic) bond motifs is 2. The van der Waals surface area contributed by atoms with Gasteiger partial charge < -0.3 is 24.3 Å². The smallest absolute Gasteiger partial charge is 0.231 e. The summed E-state index contributed by atoms with van der Waals surface area (Å²) in [5, 5.41) is 4.38. The molecule has 0 radical (unpaired) electrons. The van der Waals surface area contributed by atoms with Crippen molar-refractivity contribution in [3.63, 3.8) is 0 Å². The van der Waals surface area contributed by atoms with Gasteiger partial charge in [0, 0.05) is 49.1 Å². The first-order valence-electron chi connectivity index (χ1n) is 12.2. The highest BCUT2D eigenvalue weighted by Crippen LogP contribution is 2.40. The number of benzene rings is 2. The molecular weight excluding hydrogens is 414 g/mol. The number of hydrogen-bond donors (Lipinski definition) is 1. The largest absolute Gasteiger partial charge is 0.454 e. The fraction of sp³-hybridized carbons (Fsp3) is 0.444. The predicted molar refractivity (Wildman–Crippen MR) is 130 cm³/mol. The van der Waals surface area contributed by atoms with Crippen LogP contribution in [0.5, 0.6) is 11.5 Å². The minimum absolute atomic E-state index is 0.0628. The molecule has 33 heavy (non-hydrogen) atoms. The average molecular weight is 448 g/mol. The van der Waals surface area contributed by atoms with Gasteiger partial charge in [0.2, 0.25) is 12.7 Å². The molecule has 0 aliphatic carbocycles. The Balaban J connectivity index is 1.39. The first-order valence-corrected chi connectivity index (χ1v) is 12.2. The lowest BCUT2D eigenvalue weighted by atomic mass is 9.87. The number of carbonyl (C=O) groups is 1. The molecule has 5 rings (SSSR count). The number of aryl methyl sites for hydroxylation is 1. The number of nitrogens with one attached hydrogen (secondary N) is 1. The molecule has 1 aromatic heterocycles. The Kier molecular flexibility index (Phi) is 6.53. The molecule has 2 aromatic carbocycles. The molecule has 0 saturated carbocycles. The molecule has 2 aliphatic rings. The zero-order chi connectivity index (χ0) is 22.6. The van der Waals surface area contributed by atoms with E-state index in [2.05, 4.69) is 58.2 Å². The van der Waals surface area contributed by atoms with Crippen LogP contribution in [0.15, 0.2) is 48.7 Å². The van der Waals surface area contributed by atoms with Crippen LogP contribution in [0.2, 0.25) is 0 Å². The van der Waals surface area contributed by atoms with Crippen LogP contribution in [0.1, 0.15) is 49.7 Å². The Morgan fingerprint density at radius 3 is 2.73 bits per heavy atom. The second-order valence-electron chi connectivity index (χ2n) is 9.01. The van der Waals surface area contributed by atoms with Crippen molar-refractivity contribution in [1.82, 2.24) is 14.8 Å². The van der Waals surface area contributed by atoms with Gasteiger partial charge in [-0.2, -0.15) is 0 Å². The molecule has 0 bridgehead atoms. The maximum Gasteiger partial charge on any atom is 0.231 e. The molecule has 6 heteroatoms. The number of hydrogen-bond acceptors (Lipinski definition) is 4. The van der Waals surface area contributed by atoms with Crippen LogP contribution in [0.25, 0.3) is 10.9 Å². The van der Waals surface area contributed by atoms with Gasteiger partial charge in [-0.3, -0.25) is 4.79 Å². The van der Waals surface area contributed by atoms with E-state index in [1.165, 1.54) is 35.7 Å². The van der Waals surface area contributed by atoms with E-state index in [4.69, 9.17) is 9.47 Å². The van der Waals surface area contributed by atoms with Crippen LogP contribution >= 0.6 is 0 Å². The van der Waals surface area contributed by atoms with Crippen molar-refractivity contribution >= 4 is 16.8 Å². The molecule has 0 spiro atoms. The standard InChI is InChI=1S/C27H33N3O3/c1-2-30-18-23(21-8-4-5-9-24(21)30)22(20-10-11-25-26(16-20)33-19-32-25)17-27(31)28-12-15-29-13-6-3-7-14-29/h4-5,8-11,16,18,22H,2-3,6-7,12-15,17,19H2,1H3,(H,28,31). The summed E-state index contributed by atoms with van der Waals surface area (Å²) in [5.41, 5.74) is 3.45. The van der Waals surface area contributed by atoms with E-state index in [1.807, 2.05) is 12.1 Å². The highest BCUT2D eigenvalue weighted by Gasteiger charge is 2.25. The van der Waals surface area contributed by atoms with Crippen LogP contribution < -0.4 is 14.8 Å². The highest BCUT2D eigenvalue weighted by atomic mass is 16.7. The van der Waals surface area contributed by atoms with Gasteiger partial charge in [-0.05, 0) is 62.2 Å². The van der Waals surface area contributed by atoms with Gasteiger partial charge in [0.05, 0.1) is 0 Å². The van der Waals surface area contributed by atoms with Crippen LogP contribution in [0.4, 0.5) is 0 Å². The van der Waals surface area contributed by atoms with Crippen LogP contribution in [0.3, 0.4) is 0 Å². The molecule has 3 aromatic rings. The number of piperidine rings is 1. The first-order chi connectivity index (χ1) is 16.2. The van der Waals surface area contributed by atoms with Crippen LogP contribution in [-0.2, 0) is 11.3 Å². The van der Waals surface area contributed by atoms with E-state index in [0.717, 1.165) is 43.2 Å². The van der Waals surface area contributed by atoms with E-state index >= 15 is 0 Å². The minimum atomic E-state index is -0.0628. The van der Waals surface area contributed by atoms with E-state index in [-0.39, 0.29) is 18.6 Å². The van der Waals surface area contributed by atoms with E-state index in [0.29, 0.717) is 13.0 Å². The lowest BCUT2D eigenvalue weighted by Gasteiger charge is -2.26. The summed E-state index contributed by atoms with van der Waals surface area (Å²) >= 11 is 0. The number of para-hydroxylation sites is 1. The normalized spacial score (nSPS) is 16.8. The van der Waals surface area contributed by atoms with Gasteiger partial charge in [-0.15, -0.1) is 0 Å². The number of nitrogens with zero attached hydrogens (tertiary/aromatic N) is 2. The molecule has 174 valence electrons. The van der Waals surface area contributed by atoms with Crippen molar-refractivity contribution in [2.45, 2.75) is 45.1 Å². The van der Waals surface area contributed by atoms with Crippen molar-refractivity contribution in [2.75, 3.05) is 33.0 Å². The summed E-state index contributed by atoms with van der Waals surface area (Å²) in [6, 6.07) is 14.5. The zero-order valence-electron chi connectivity index (χ0n) is 19.4. The fourth-order valence-corrected chi connectivity index (χ4v) is 5.15. The van der Waals surface area contributed by atoms with Crippen molar-refractivity contribution in [3.05, 3.63) is 59.8 Å². The van der Waals surface area contributed by atoms with E-state index in [1.54, 1.807) is 0 Å². The summed E-state index contributed by atoms with van der Waals surface area (Å²) in [6.07, 6.45) is 6.47. The molecule has 1 atom stereocenters.